The quantitative estimate of drug-likeness (QED) is 0.772. The lowest BCUT2D eigenvalue weighted by Gasteiger charge is -2.29. The molecule has 116 valence electrons. The summed E-state index contributed by atoms with van der Waals surface area (Å²) in [6.45, 7) is 6.54. The molecule has 0 bridgehead atoms. The second-order valence-electron chi connectivity index (χ2n) is 5.81. The lowest BCUT2D eigenvalue weighted by atomic mass is 9.98. The zero-order chi connectivity index (χ0) is 15.1. The van der Waals surface area contributed by atoms with E-state index in [1.165, 1.54) is 25.7 Å². The standard InChI is InChI=1S/C18H27NO2/c1-3-15-9-8-13-19(14-12-15)17(18(20)21-4-2)16-10-6-5-7-11-16/h5-7,10-11,15,17H,3-4,8-9,12-14H2,1-2H3. The molecule has 0 N–H and O–H groups in total. The fourth-order valence-electron chi connectivity index (χ4n) is 3.21. The van der Waals surface area contributed by atoms with E-state index in [4.69, 9.17) is 4.74 Å². The van der Waals surface area contributed by atoms with E-state index >= 15 is 0 Å². The van der Waals surface area contributed by atoms with E-state index in [2.05, 4.69) is 11.8 Å². The van der Waals surface area contributed by atoms with Gasteiger partial charge in [-0.15, -0.1) is 0 Å². The Morgan fingerprint density at radius 3 is 2.67 bits per heavy atom. The third kappa shape index (κ3) is 4.31. The summed E-state index contributed by atoms with van der Waals surface area (Å²) >= 11 is 0. The molecule has 2 unspecified atom stereocenters. The SMILES string of the molecule is CCOC(=O)C(c1ccccc1)N1CCCC(CC)CC1. The van der Waals surface area contributed by atoms with Gasteiger partial charge in [0.2, 0.25) is 0 Å². The van der Waals surface area contributed by atoms with Crippen LogP contribution in [-0.2, 0) is 9.53 Å². The van der Waals surface area contributed by atoms with Gasteiger partial charge in [-0.1, -0.05) is 43.7 Å². The van der Waals surface area contributed by atoms with Crippen molar-refractivity contribution < 1.29 is 9.53 Å². The van der Waals surface area contributed by atoms with Gasteiger partial charge < -0.3 is 4.74 Å². The minimum absolute atomic E-state index is 0.112. The largest absolute Gasteiger partial charge is 0.465 e. The highest BCUT2D eigenvalue weighted by Gasteiger charge is 2.30. The molecule has 1 fully saturated rings. The number of hydrogen-bond acceptors (Lipinski definition) is 3. The molecule has 21 heavy (non-hydrogen) atoms. The van der Waals surface area contributed by atoms with Crippen LogP contribution < -0.4 is 0 Å². The lowest BCUT2D eigenvalue weighted by molar-refractivity contribution is -0.150. The van der Waals surface area contributed by atoms with E-state index in [-0.39, 0.29) is 12.0 Å². The fourth-order valence-corrected chi connectivity index (χ4v) is 3.21. The van der Waals surface area contributed by atoms with Crippen molar-refractivity contribution in [3.63, 3.8) is 0 Å². The molecule has 0 spiro atoms. The molecule has 0 amide bonds. The Bertz CT molecular complexity index is 432. The average molecular weight is 289 g/mol. The van der Waals surface area contributed by atoms with Crippen LogP contribution in [0.1, 0.15) is 51.1 Å². The van der Waals surface area contributed by atoms with Gasteiger partial charge in [0.05, 0.1) is 6.61 Å². The van der Waals surface area contributed by atoms with Crippen molar-refractivity contribution >= 4 is 5.97 Å². The maximum atomic E-state index is 12.4. The highest BCUT2D eigenvalue weighted by atomic mass is 16.5. The molecule has 3 heteroatoms. The number of carbonyl (C=O) groups excluding carboxylic acids is 1. The third-order valence-corrected chi connectivity index (χ3v) is 4.45. The summed E-state index contributed by atoms with van der Waals surface area (Å²) in [4.78, 5) is 14.8. The van der Waals surface area contributed by atoms with E-state index in [0.717, 1.165) is 24.6 Å². The first-order chi connectivity index (χ1) is 10.3. The second-order valence-corrected chi connectivity index (χ2v) is 5.81. The number of hydrogen-bond donors (Lipinski definition) is 0. The van der Waals surface area contributed by atoms with Crippen LogP contribution in [0, 0.1) is 5.92 Å². The summed E-state index contributed by atoms with van der Waals surface area (Å²) in [6, 6.07) is 9.79. The first-order valence-electron chi connectivity index (χ1n) is 8.21. The highest BCUT2D eigenvalue weighted by molar-refractivity contribution is 5.77. The van der Waals surface area contributed by atoms with Crippen LogP contribution in [0.4, 0.5) is 0 Å². The summed E-state index contributed by atoms with van der Waals surface area (Å²) in [5, 5.41) is 0. The molecule has 1 heterocycles. The van der Waals surface area contributed by atoms with Gasteiger partial charge in [0.1, 0.15) is 6.04 Å². The van der Waals surface area contributed by atoms with Crippen molar-refractivity contribution in [3.8, 4) is 0 Å². The highest BCUT2D eigenvalue weighted by Crippen LogP contribution is 2.28. The predicted octanol–water partition coefficient (Wildman–Crippen LogP) is 3.80. The van der Waals surface area contributed by atoms with Crippen molar-refractivity contribution in [1.29, 1.82) is 0 Å². The van der Waals surface area contributed by atoms with Crippen molar-refractivity contribution in [2.45, 2.75) is 45.6 Å². The van der Waals surface area contributed by atoms with Crippen LogP contribution in [0.3, 0.4) is 0 Å². The van der Waals surface area contributed by atoms with Crippen LogP contribution in [0.15, 0.2) is 30.3 Å². The maximum Gasteiger partial charge on any atom is 0.327 e. The first-order valence-corrected chi connectivity index (χ1v) is 8.21. The predicted molar refractivity (Wildman–Crippen MR) is 85.0 cm³/mol. The molecule has 1 aromatic rings. The van der Waals surface area contributed by atoms with Gasteiger partial charge >= 0.3 is 5.97 Å². The monoisotopic (exact) mass is 289 g/mol. The maximum absolute atomic E-state index is 12.4. The van der Waals surface area contributed by atoms with Gasteiger partial charge in [-0.2, -0.15) is 0 Å². The van der Waals surface area contributed by atoms with Crippen molar-refractivity contribution in [2.75, 3.05) is 19.7 Å². The van der Waals surface area contributed by atoms with Crippen LogP contribution >= 0.6 is 0 Å². The first kappa shape index (κ1) is 16.0. The Labute approximate surface area is 128 Å². The smallest absolute Gasteiger partial charge is 0.327 e. The third-order valence-electron chi connectivity index (χ3n) is 4.45. The van der Waals surface area contributed by atoms with Crippen LogP contribution in [-0.4, -0.2) is 30.6 Å². The second kappa shape index (κ2) is 8.18. The molecule has 0 saturated carbocycles. The summed E-state index contributed by atoms with van der Waals surface area (Å²) in [7, 11) is 0. The molecule has 0 radical (unpaired) electrons. The Hall–Kier alpha value is -1.35. The molecule has 2 rings (SSSR count). The summed E-state index contributed by atoms with van der Waals surface area (Å²) in [6.07, 6.45) is 4.86. The van der Waals surface area contributed by atoms with Crippen LogP contribution in [0.5, 0.6) is 0 Å². The molecule has 1 aromatic carbocycles. The molecular weight excluding hydrogens is 262 g/mol. The van der Waals surface area contributed by atoms with Gasteiger partial charge in [0, 0.05) is 0 Å². The normalized spacial score (nSPS) is 21.5. The molecule has 0 aromatic heterocycles. The zero-order valence-corrected chi connectivity index (χ0v) is 13.3. The Morgan fingerprint density at radius 1 is 1.24 bits per heavy atom. The fraction of sp³-hybridized carbons (Fsp3) is 0.611. The summed E-state index contributed by atoms with van der Waals surface area (Å²) in [5.41, 5.74) is 1.05. The van der Waals surface area contributed by atoms with E-state index in [0.29, 0.717) is 6.61 Å². The molecule has 3 nitrogen and oxygen atoms in total. The number of nitrogens with zero attached hydrogens (tertiary/aromatic N) is 1. The van der Waals surface area contributed by atoms with Crippen LogP contribution in [0.2, 0.25) is 0 Å². The average Bonchev–Trinajstić information content (AvgIpc) is 2.74. The molecule has 1 aliphatic heterocycles. The van der Waals surface area contributed by atoms with Gasteiger partial charge in [0.25, 0.3) is 0 Å². The number of likely N-dealkylation sites (tertiary alicyclic amines) is 1. The lowest BCUT2D eigenvalue weighted by Crippen LogP contribution is -2.36. The topological polar surface area (TPSA) is 29.5 Å². The molecule has 0 aliphatic carbocycles. The van der Waals surface area contributed by atoms with E-state index in [1.54, 1.807) is 0 Å². The van der Waals surface area contributed by atoms with Crippen LogP contribution in [0.25, 0.3) is 0 Å². The minimum Gasteiger partial charge on any atom is -0.465 e. The Morgan fingerprint density at radius 2 is 2.00 bits per heavy atom. The van der Waals surface area contributed by atoms with Gasteiger partial charge in [0.15, 0.2) is 0 Å². The van der Waals surface area contributed by atoms with Crippen molar-refractivity contribution in [2.24, 2.45) is 5.92 Å². The van der Waals surface area contributed by atoms with Gasteiger partial charge in [-0.05, 0) is 50.8 Å². The number of rotatable bonds is 5. The summed E-state index contributed by atoms with van der Waals surface area (Å²) < 4.78 is 5.33. The number of ether oxygens (including phenoxy) is 1. The molecule has 1 saturated heterocycles. The van der Waals surface area contributed by atoms with Crippen molar-refractivity contribution in [1.82, 2.24) is 4.90 Å². The summed E-state index contributed by atoms with van der Waals surface area (Å²) in [5.74, 6) is 0.687. The van der Waals surface area contributed by atoms with E-state index in [9.17, 15) is 4.79 Å². The molecule has 2 atom stereocenters. The number of esters is 1. The minimum atomic E-state index is -0.248. The molecular formula is C18H27NO2. The Balaban J connectivity index is 2.17. The number of carbonyl (C=O) groups is 1. The number of benzene rings is 1. The van der Waals surface area contributed by atoms with Gasteiger partial charge in [-0.3, -0.25) is 4.90 Å². The van der Waals surface area contributed by atoms with Gasteiger partial charge in [-0.25, -0.2) is 4.79 Å². The van der Waals surface area contributed by atoms with E-state index < -0.39 is 0 Å². The Kier molecular flexibility index (Phi) is 6.24. The molecule has 1 aliphatic rings. The zero-order valence-electron chi connectivity index (χ0n) is 13.3. The van der Waals surface area contributed by atoms with Crippen molar-refractivity contribution in [3.05, 3.63) is 35.9 Å². The van der Waals surface area contributed by atoms with E-state index in [1.807, 2.05) is 37.3 Å².